The van der Waals surface area contributed by atoms with Crippen LogP contribution < -0.4 is 10.6 Å². The van der Waals surface area contributed by atoms with Crippen molar-refractivity contribution < 1.29 is 0 Å². The molecule has 2 nitrogen and oxygen atoms in total. The van der Waals surface area contributed by atoms with Crippen LogP contribution in [0.4, 0.5) is 5.69 Å². The largest absolute Gasteiger partial charge is 0.369 e. The molecule has 17 heavy (non-hydrogen) atoms. The number of hydrogen-bond donors (Lipinski definition) is 1. The molecule has 1 aromatic rings. The van der Waals surface area contributed by atoms with Crippen LogP contribution in [0.25, 0.3) is 0 Å². The van der Waals surface area contributed by atoms with E-state index in [1.807, 2.05) is 0 Å². The van der Waals surface area contributed by atoms with E-state index in [1.165, 1.54) is 5.69 Å². The molecule has 0 aliphatic carbocycles. The monoisotopic (exact) mass is 296 g/mol. The lowest BCUT2D eigenvalue weighted by Crippen LogP contribution is -2.48. The predicted molar refractivity (Wildman–Crippen MR) is 77.3 cm³/mol. The second kappa shape index (κ2) is 5.40. The molecule has 0 radical (unpaired) electrons. The fourth-order valence-corrected chi connectivity index (χ4v) is 3.10. The van der Waals surface area contributed by atoms with E-state index in [1.54, 1.807) is 0 Å². The van der Waals surface area contributed by atoms with Crippen molar-refractivity contribution in [3.05, 3.63) is 28.7 Å². The Labute approximate surface area is 112 Å². The predicted octanol–water partition coefficient (Wildman–Crippen LogP) is 3.26. The molecule has 0 bridgehead atoms. The summed E-state index contributed by atoms with van der Waals surface area (Å²) in [6.07, 6.45) is 1.15. The van der Waals surface area contributed by atoms with Crippen LogP contribution in [-0.4, -0.2) is 19.1 Å². The zero-order chi connectivity index (χ0) is 12.4. The van der Waals surface area contributed by atoms with Crippen molar-refractivity contribution in [1.82, 2.24) is 0 Å². The molecule has 2 N–H and O–H groups in total. The van der Waals surface area contributed by atoms with E-state index >= 15 is 0 Å². The van der Waals surface area contributed by atoms with Gasteiger partial charge in [0.15, 0.2) is 0 Å². The summed E-state index contributed by atoms with van der Waals surface area (Å²) in [5, 5.41) is 0. The first-order valence-corrected chi connectivity index (χ1v) is 7.12. The van der Waals surface area contributed by atoms with Crippen molar-refractivity contribution in [3.8, 4) is 0 Å². The maximum atomic E-state index is 6.18. The lowest BCUT2D eigenvalue weighted by atomic mass is 9.85. The van der Waals surface area contributed by atoms with E-state index in [2.05, 4.69) is 58.9 Å². The Balaban J connectivity index is 2.18. The van der Waals surface area contributed by atoms with Gasteiger partial charge in [0.25, 0.3) is 0 Å². The fraction of sp³-hybridized carbons (Fsp3) is 0.571. The summed E-state index contributed by atoms with van der Waals surface area (Å²) in [5.74, 6) is 1.40. The van der Waals surface area contributed by atoms with Crippen LogP contribution in [-0.2, 0) is 0 Å². The van der Waals surface area contributed by atoms with Gasteiger partial charge in [0.1, 0.15) is 0 Å². The average Bonchev–Trinajstić information content (AvgIpc) is 2.28. The van der Waals surface area contributed by atoms with Gasteiger partial charge in [-0.2, -0.15) is 0 Å². The number of piperidine rings is 1. The summed E-state index contributed by atoms with van der Waals surface area (Å²) in [4.78, 5) is 2.42. The molecule has 1 aliphatic rings. The van der Waals surface area contributed by atoms with Gasteiger partial charge in [-0.05, 0) is 46.3 Å². The third kappa shape index (κ3) is 3.02. The van der Waals surface area contributed by atoms with Gasteiger partial charge < -0.3 is 10.6 Å². The van der Waals surface area contributed by atoms with Gasteiger partial charge in [0.2, 0.25) is 0 Å². The van der Waals surface area contributed by atoms with Gasteiger partial charge in [-0.15, -0.1) is 0 Å². The van der Waals surface area contributed by atoms with E-state index in [4.69, 9.17) is 5.73 Å². The topological polar surface area (TPSA) is 29.3 Å². The summed E-state index contributed by atoms with van der Waals surface area (Å²) in [5.41, 5.74) is 7.46. The van der Waals surface area contributed by atoms with Crippen LogP contribution in [0.1, 0.15) is 20.3 Å². The third-order valence-electron chi connectivity index (χ3n) is 3.65. The summed E-state index contributed by atoms with van der Waals surface area (Å²) in [7, 11) is 0. The van der Waals surface area contributed by atoms with Crippen LogP contribution in [0.15, 0.2) is 28.7 Å². The summed E-state index contributed by atoms with van der Waals surface area (Å²) < 4.78 is 1.16. The molecule has 1 heterocycles. The molecular formula is C14H21BrN2. The molecule has 2 unspecified atom stereocenters. The molecular weight excluding hydrogens is 276 g/mol. The number of halogens is 1. The van der Waals surface area contributed by atoms with Crippen molar-refractivity contribution in [2.45, 2.75) is 26.3 Å². The van der Waals surface area contributed by atoms with Gasteiger partial charge in [0, 0.05) is 23.6 Å². The standard InChI is InChI=1S/C14H21BrN2/c1-10(2)11-7-12(16)9-17(8-11)14-6-4-3-5-13(14)15/h3-6,10-12H,7-9,16H2,1-2H3. The number of nitrogens with two attached hydrogens (primary N) is 1. The van der Waals surface area contributed by atoms with Crippen molar-refractivity contribution in [3.63, 3.8) is 0 Å². The normalized spacial score (nSPS) is 25.4. The van der Waals surface area contributed by atoms with Crippen molar-refractivity contribution >= 4 is 21.6 Å². The second-order valence-electron chi connectivity index (χ2n) is 5.36. The summed E-state index contributed by atoms with van der Waals surface area (Å²) in [6, 6.07) is 8.70. The molecule has 0 saturated carbocycles. The van der Waals surface area contributed by atoms with E-state index in [0.717, 1.165) is 24.0 Å². The molecule has 1 fully saturated rings. The lowest BCUT2D eigenvalue weighted by molar-refractivity contribution is 0.298. The molecule has 94 valence electrons. The summed E-state index contributed by atoms with van der Waals surface area (Å²) >= 11 is 3.63. The first kappa shape index (κ1) is 12.9. The zero-order valence-electron chi connectivity index (χ0n) is 10.6. The van der Waals surface area contributed by atoms with E-state index < -0.39 is 0 Å². The van der Waals surface area contributed by atoms with Crippen LogP contribution in [0.5, 0.6) is 0 Å². The lowest BCUT2D eigenvalue weighted by Gasteiger charge is -2.39. The maximum absolute atomic E-state index is 6.18. The van der Waals surface area contributed by atoms with Gasteiger partial charge >= 0.3 is 0 Å². The van der Waals surface area contributed by atoms with Gasteiger partial charge in [0.05, 0.1) is 5.69 Å². The van der Waals surface area contributed by atoms with Crippen molar-refractivity contribution in [1.29, 1.82) is 0 Å². The molecule has 1 saturated heterocycles. The molecule has 1 aliphatic heterocycles. The molecule has 2 atom stereocenters. The molecule has 0 spiro atoms. The number of hydrogen-bond acceptors (Lipinski definition) is 2. The molecule has 1 aromatic carbocycles. The average molecular weight is 297 g/mol. The summed E-state index contributed by atoms with van der Waals surface area (Å²) in [6.45, 7) is 6.67. The first-order chi connectivity index (χ1) is 8.08. The Hall–Kier alpha value is -0.540. The fourth-order valence-electron chi connectivity index (χ4n) is 2.57. The van der Waals surface area contributed by atoms with E-state index in [0.29, 0.717) is 17.9 Å². The third-order valence-corrected chi connectivity index (χ3v) is 4.32. The first-order valence-electron chi connectivity index (χ1n) is 6.33. The highest BCUT2D eigenvalue weighted by molar-refractivity contribution is 9.10. The van der Waals surface area contributed by atoms with Crippen molar-refractivity contribution in [2.24, 2.45) is 17.6 Å². The van der Waals surface area contributed by atoms with Crippen molar-refractivity contribution in [2.75, 3.05) is 18.0 Å². The number of para-hydroxylation sites is 1. The van der Waals surface area contributed by atoms with Crippen LogP contribution in [0, 0.1) is 11.8 Å². The molecule has 0 amide bonds. The van der Waals surface area contributed by atoms with Gasteiger partial charge in [-0.1, -0.05) is 26.0 Å². The van der Waals surface area contributed by atoms with Gasteiger partial charge in [-0.3, -0.25) is 0 Å². The Morgan fingerprint density at radius 3 is 2.65 bits per heavy atom. The van der Waals surface area contributed by atoms with Crippen LogP contribution >= 0.6 is 15.9 Å². The quantitative estimate of drug-likeness (QED) is 0.908. The molecule has 3 heteroatoms. The smallest absolute Gasteiger partial charge is 0.0511 e. The minimum Gasteiger partial charge on any atom is -0.369 e. The Morgan fingerprint density at radius 1 is 1.29 bits per heavy atom. The Bertz CT molecular complexity index is 378. The number of nitrogens with zero attached hydrogens (tertiary/aromatic N) is 1. The van der Waals surface area contributed by atoms with Gasteiger partial charge in [-0.25, -0.2) is 0 Å². The SMILES string of the molecule is CC(C)C1CC(N)CN(c2ccccc2Br)C1. The highest BCUT2D eigenvalue weighted by Gasteiger charge is 2.27. The minimum atomic E-state index is 0.295. The highest BCUT2D eigenvalue weighted by atomic mass is 79.9. The number of anilines is 1. The number of benzene rings is 1. The minimum absolute atomic E-state index is 0.295. The maximum Gasteiger partial charge on any atom is 0.0511 e. The molecule has 2 rings (SSSR count). The Morgan fingerprint density at radius 2 is 2.00 bits per heavy atom. The van der Waals surface area contributed by atoms with E-state index in [9.17, 15) is 0 Å². The van der Waals surface area contributed by atoms with Crippen LogP contribution in [0.2, 0.25) is 0 Å². The Kier molecular flexibility index (Phi) is 4.10. The molecule has 0 aromatic heterocycles. The van der Waals surface area contributed by atoms with Crippen LogP contribution in [0.3, 0.4) is 0 Å². The number of rotatable bonds is 2. The highest BCUT2D eigenvalue weighted by Crippen LogP contribution is 2.31. The second-order valence-corrected chi connectivity index (χ2v) is 6.21. The van der Waals surface area contributed by atoms with E-state index in [-0.39, 0.29) is 0 Å². The zero-order valence-corrected chi connectivity index (χ0v) is 12.2.